The molecule has 1 amide bonds. The van der Waals surface area contributed by atoms with Crippen molar-refractivity contribution in [2.75, 3.05) is 0 Å². The van der Waals surface area contributed by atoms with E-state index in [-0.39, 0.29) is 5.56 Å². The summed E-state index contributed by atoms with van der Waals surface area (Å²) >= 11 is 0. The highest BCUT2D eigenvalue weighted by Gasteiger charge is 2.24. The zero-order valence-corrected chi connectivity index (χ0v) is 11.9. The van der Waals surface area contributed by atoms with E-state index < -0.39 is 41.8 Å². The van der Waals surface area contributed by atoms with E-state index in [1.54, 1.807) is 20.8 Å². The van der Waals surface area contributed by atoms with Gasteiger partial charge in [-0.2, -0.15) is 0 Å². The Morgan fingerprint density at radius 3 is 2.48 bits per heavy atom. The Morgan fingerprint density at radius 2 is 1.95 bits per heavy atom. The van der Waals surface area contributed by atoms with Crippen molar-refractivity contribution in [1.29, 1.82) is 0 Å². The lowest BCUT2D eigenvalue weighted by Gasteiger charge is -2.23. The molecule has 2 N–H and O–H groups in total. The summed E-state index contributed by atoms with van der Waals surface area (Å²) in [6.07, 6.45) is -1.50. The summed E-state index contributed by atoms with van der Waals surface area (Å²) in [4.78, 5) is 22.5. The molecule has 0 heterocycles. The number of hydrogen-bond acceptors (Lipinski definition) is 3. The number of amides is 1. The first-order valence-electron chi connectivity index (χ1n) is 6.25. The molecule has 1 rings (SSSR count). The van der Waals surface area contributed by atoms with Crippen LogP contribution in [0.3, 0.4) is 0 Å². The third-order valence-electron chi connectivity index (χ3n) is 2.40. The van der Waals surface area contributed by atoms with Gasteiger partial charge in [0.1, 0.15) is 17.2 Å². The van der Waals surface area contributed by atoms with Gasteiger partial charge in [-0.05, 0) is 39.0 Å². The Hall–Kier alpha value is -2.18. The number of ether oxygens (including phenoxy) is 1. The molecule has 0 saturated heterocycles. The van der Waals surface area contributed by atoms with Gasteiger partial charge in [0.05, 0.1) is 12.5 Å². The second kappa shape index (κ2) is 6.51. The molecule has 0 radical (unpaired) electrons. The fourth-order valence-corrected chi connectivity index (χ4v) is 1.64. The molecule has 0 aliphatic carbocycles. The lowest BCUT2D eigenvalue weighted by atomic mass is 10.0. The van der Waals surface area contributed by atoms with Crippen LogP contribution in [0.25, 0.3) is 0 Å². The largest absolute Gasteiger partial charge is 0.481 e. The quantitative estimate of drug-likeness (QED) is 0.896. The third-order valence-corrected chi connectivity index (χ3v) is 2.40. The van der Waals surface area contributed by atoms with Crippen LogP contribution in [0.4, 0.5) is 13.6 Å². The van der Waals surface area contributed by atoms with Crippen LogP contribution in [0.1, 0.15) is 38.8 Å². The highest BCUT2D eigenvalue weighted by atomic mass is 19.1. The molecule has 1 atom stereocenters. The van der Waals surface area contributed by atoms with Gasteiger partial charge in [0.25, 0.3) is 0 Å². The van der Waals surface area contributed by atoms with E-state index >= 15 is 0 Å². The fraction of sp³-hybridized carbons (Fsp3) is 0.429. The van der Waals surface area contributed by atoms with Crippen LogP contribution in [0.2, 0.25) is 0 Å². The van der Waals surface area contributed by atoms with Crippen LogP contribution in [0.5, 0.6) is 0 Å². The second-order valence-corrected chi connectivity index (χ2v) is 5.46. The lowest BCUT2D eigenvalue weighted by Crippen LogP contribution is -2.36. The molecule has 116 valence electrons. The molecule has 0 bridgehead atoms. The average molecular weight is 301 g/mol. The SMILES string of the molecule is CC(C)(C)OC(=O)N[C@H](CC(=O)O)c1cc(F)ccc1F. The van der Waals surface area contributed by atoms with Gasteiger partial charge in [-0.25, -0.2) is 13.6 Å². The molecule has 0 saturated carbocycles. The van der Waals surface area contributed by atoms with Crippen molar-refractivity contribution in [1.82, 2.24) is 5.32 Å². The molecule has 5 nitrogen and oxygen atoms in total. The highest BCUT2D eigenvalue weighted by molar-refractivity contribution is 5.72. The first-order valence-corrected chi connectivity index (χ1v) is 6.25. The Balaban J connectivity index is 2.98. The number of nitrogens with one attached hydrogen (secondary N) is 1. The van der Waals surface area contributed by atoms with E-state index in [1.165, 1.54) is 0 Å². The topological polar surface area (TPSA) is 75.6 Å². The number of alkyl carbamates (subject to hydrolysis) is 1. The number of carboxylic acids is 1. The van der Waals surface area contributed by atoms with Crippen molar-refractivity contribution in [3.05, 3.63) is 35.4 Å². The Kier molecular flexibility index (Phi) is 5.23. The summed E-state index contributed by atoms with van der Waals surface area (Å²) in [6.45, 7) is 4.88. The number of rotatable bonds is 4. The second-order valence-electron chi connectivity index (χ2n) is 5.46. The zero-order valence-electron chi connectivity index (χ0n) is 11.9. The van der Waals surface area contributed by atoms with Gasteiger partial charge in [0.15, 0.2) is 0 Å². The van der Waals surface area contributed by atoms with E-state index in [9.17, 15) is 18.4 Å². The number of carbonyl (C=O) groups excluding carboxylic acids is 1. The van der Waals surface area contributed by atoms with Gasteiger partial charge in [-0.15, -0.1) is 0 Å². The van der Waals surface area contributed by atoms with E-state index in [4.69, 9.17) is 9.84 Å². The lowest BCUT2D eigenvalue weighted by molar-refractivity contribution is -0.137. The molecule has 1 aromatic carbocycles. The van der Waals surface area contributed by atoms with Crippen LogP contribution in [0, 0.1) is 11.6 Å². The first kappa shape index (κ1) is 16.9. The minimum Gasteiger partial charge on any atom is -0.481 e. The first-order chi connectivity index (χ1) is 9.58. The number of halogens is 2. The third kappa shape index (κ3) is 5.76. The van der Waals surface area contributed by atoms with Gasteiger partial charge < -0.3 is 15.2 Å². The van der Waals surface area contributed by atoms with Gasteiger partial charge in [0.2, 0.25) is 0 Å². The average Bonchev–Trinajstić information content (AvgIpc) is 2.28. The van der Waals surface area contributed by atoms with Crippen LogP contribution < -0.4 is 5.32 Å². The van der Waals surface area contributed by atoms with Crippen molar-refractivity contribution >= 4 is 12.1 Å². The summed E-state index contributed by atoms with van der Waals surface area (Å²) in [5, 5.41) is 11.1. The predicted molar refractivity (Wildman–Crippen MR) is 70.7 cm³/mol. The molecule has 0 aromatic heterocycles. The number of carbonyl (C=O) groups is 2. The van der Waals surface area contributed by atoms with Gasteiger partial charge in [-0.3, -0.25) is 4.79 Å². The maximum atomic E-state index is 13.7. The van der Waals surface area contributed by atoms with Gasteiger partial charge in [0, 0.05) is 5.56 Å². The summed E-state index contributed by atoms with van der Waals surface area (Å²) in [6, 6.07) is 1.40. The van der Waals surface area contributed by atoms with Crippen molar-refractivity contribution in [3.8, 4) is 0 Å². The van der Waals surface area contributed by atoms with Crippen LogP contribution >= 0.6 is 0 Å². The van der Waals surface area contributed by atoms with E-state index in [1.807, 2.05) is 0 Å². The van der Waals surface area contributed by atoms with E-state index in [2.05, 4.69) is 5.32 Å². The molecular formula is C14H17F2NO4. The molecule has 0 unspecified atom stereocenters. The minimum atomic E-state index is -1.26. The maximum absolute atomic E-state index is 13.7. The fourth-order valence-electron chi connectivity index (χ4n) is 1.64. The molecule has 0 aliphatic heterocycles. The molecule has 1 aromatic rings. The van der Waals surface area contributed by atoms with E-state index in [0.717, 1.165) is 18.2 Å². The standard InChI is InChI=1S/C14H17F2NO4/c1-14(2,3)21-13(20)17-11(7-12(18)19)9-6-8(15)4-5-10(9)16/h4-6,11H,7H2,1-3H3,(H,17,20)(H,18,19)/t11-/m1/s1. The molecule has 7 heteroatoms. The highest BCUT2D eigenvalue weighted by Crippen LogP contribution is 2.22. The molecule has 0 aliphatic rings. The van der Waals surface area contributed by atoms with Crippen molar-refractivity contribution < 1.29 is 28.2 Å². The monoisotopic (exact) mass is 301 g/mol. The molecule has 21 heavy (non-hydrogen) atoms. The van der Waals surface area contributed by atoms with Gasteiger partial charge >= 0.3 is 12.1 Å². The smallest absolute Gasteiger partial charge is 0.408 e. The van der Waals surface area contributed by atoms with Crippen LogP contribution in [0.15, 0.2) is 18.2 Å². The number of aliphatic carboxylic acids is 1. The van der Waals surface area contributed by atoms with Gasteiger partial charge in [-0.1, -0.05) is 0 Å². The van der Waals surface area contributed by atoms with Crippen molar-refractivity contribution in [2.45, 2.75) is 38.8 Å². The van der Waals surface area contributed by atoms with Crippen LogP contribution in [-0.2, 0) is 9.53 Å². The van der Waals surface area contributed by atoms with E-state index in [0.29, 0.717) is 0 Å². The number of benzene rings is 1. The minimum absolute atomic E-state index is 0.247. The number of hydrogen-bond donors (Lipinski definition) is 2. The molecule has 0 spiro atoms. The summed E-state index contributed by atoms with van der Waals surface area (Å²) < 4.78 is 31.9. The normalized spacial score (nSPS) is 12.6. The van der Waals surface area contributed by atoms with Crippen molar-refractivity contribution in [3.63, 3.8) is 0 Å². The molecule has 0 fully saturated rings. The maximum Gasteiger partial charge on any atom is 0.408 e. The molecular weight excluding hydrogens is 284 g/mol. The Labute approximate surface area is 120 Å². The van der Waals surface area contributed by atoms with Crippen molar-refractivity contribution in [2.24, 2.45) is 0 Å². The van der Waals surface area contributed by atoms with Crippen LogP contribution in [-0.4, -0.2) is 22.8 Å². The summed E-state index contributed by atoms with van der Waals surface area (Å²) in [5.41, 5.74) is -1.04. The Bertz CT molecular complexity index is 540. The number of carboxylic acid groups (broad SMARTS) is 1. The summed E-state index contributed by atoms with van der Waals surface area (Å²) in [5.74, 6) is -2.80. The Morgan fingerprint density at radius 1 is 1.33 bits per heavy atom. The predicted octanol–water partition coefficient (Wildman–Crippen LogP) is 3.01. The summed E-state index contributed by atoms with van der Waals surface area (Å²) in [7, 11) is 0. The zero-order chi connectivity index (χ0) is 16.2.